The minimum Gasteiger partial charge on any atom is -0.488 e. The highest BCUT2D eigenvalue weighted by Crippen LogP contribution is 2.37. The molecule has 1 saturated heterocycles. The van der Waals surface area contributed by atoms with E-state index in [9.17, 15) is 10.1 Å². The van der Waals surface area contributed by atoms with Crippen LogP contribution in [-0.2, 0) is 29.3 Å². The van der Waals surface area contributed by atoms with E-state index in [0.29, 0.717) is 51.7 Å². The van der Waals surface area contributed by atoms with Crippen LogP contribution in [0.1, 0.15) is 39.8 Å². The summed E-state index contributed by atoms with van der Waals surface area (Å²) in [6.07, 6.45) is 0.546. The van der Waals surface area contributed by atoms with Gasteiger partial charge in [0.1, 0.15) is 37.9 Å². The molecule has 1 fully saturated rings. The number of carbonyl (C=O) groups excluding carboxylic acids is 1. The van der Waals surface area contributed by atoms with E-state index in [2.05, 4.69) is 60.6 Å². The molecule has 1 atom stereocenters. The number of aryl methyl sites for hydroxylation is 1. The van der Waals surface area contributed by atoms with Gasteiger partial charge in [0, 0.05) is 24.7 Å². The molecule has 2 aliphatic rings. The van der Waals surface area contributed by atoms with E-state index in [4.69, 9.17) is 23.7 Å². The summed E-state index contributed by atoms with van der Waals surface area (Å²) in [5.74, 6) is 2.98. The van der Waals surface area contributed by atoms with Crippen molar-refractivity contribution in [1.82, 2.24) is 10.2 Å². The molecule has 1 N–H and O–H groups in total. The summed E-state index contributed by atoms with van der Waals surface area (Å²) in [4.78, 5) is 14.1. The molecule has 2 aliphatic heterocycles. The summed E-state index contributed by atoms with van der Waals surface area (Å²) in [5.41, 5.74) is 7.96. The number of rotatable bonds is 14. The van der Waals surface area contributed by atoms with Crippen LogP contribution in [0.2, 0.25) is 0 Å². The van der Waals surface area contributed by atoms with Gasteiger partial charge in [-0.1, -0.05) is 36.4 Å². The Bertz CT molecular complexity index is 1810. The van der Waals surface area contributed by atoms with Crippen LogP contribution in [0.3, 0.4) is 0 Å². The molecule has 0 aliphatic carbocycles. The number of nitrogens with one attached hydrogen (secondary N) is 1. The average Bonchev–Trinajstić information content (AvgIpc) is 3.96. The number of nitriles is 1. The number of ether oxygens (including phenoxy) is 5. The Morgan fingerprint density at radius 1 is 0.938 bits per heavy atom. The quantitative estimate of drug-likeness (QED) is 0.129. The second-order valence-corrected chi connectivity index (χ2v) is 12.3. The molecular weight excluding hydrogens is 606 g/mol. The average molecular weight is 648 g/mol. The molecule has 0 radical (unpaired) electrons. The molecule has 48 heavy (non-hydrogen) atoms. The number of benzene rings is 4. The van der Waals surface area contributed by atoms with Gasteiger partial charge in [-0.3, -0.25) is 4.79 Å². The van der Waals surface area contributed by atoms with Crippen molar-refractivity contribution in [3.63, 3.8) is 0 Å². The molecule has 0 aromatic heterocycles. The highest BCUT2D eigenvalue weighted by molar-refractivity contribution is 5.82. The van der Waals surface area contributed by atoms with Crippen LogP contribution in [0.25, 0.3) is 11.1 Å². The summed E-state index contributed by atoms with van der Waals surface area (Å²) >= 11 is 0. The number of carbonyl (C=O) groups is 1. The SMILES string of the molecule is Cc1cc(CN(C)CCCNC(=O)C2CO2)c(OCc2cccc(C#N)c2)cc1OCc1cccc(-c2ccc3c(c2)OCCO3)c1C. The predicted octanol–water partition coefficient (Wildman–Crippen LogP) is 6.11. The first-order chi connectivity index (χ1) is 23.4. The van der Waals surface area contributed by atoms with Gasteiger partial charge >= 0.3 is 0 Å². The van der Waals surface area contributed by atoms with E-state index >= 15 is 0 Å². The Labute approximate surface area is 281 Å². The Balaban J connectivity index is 1.17. The molecule has 2 heterocycles. The molecule has 6 rings (SSSR count). The zero-order chi connectivity index (χ0) is 33.5. The fraction of sp³-hybridized carbons (Fsp3) is 0.333. The first-order valence-corrected chi connectivity index (χ1v) is 16.3. The first-order valence-electron chi connectivity index (χ1n) is 16.3. The third-order valence-electron chi connectivity index (χ3n) is 8.57. The number of hydrogen-bond acceptors (Lipinski definition) is 8. The van der Waals surface area contributed by atoms with Crippen LogP contribution >= 0.6 is 0 Å². The van der Waals surface area contributed by atoms with Gasteiger partial charge in [0.15, 0.2) is 17.6 Å². The summed E-state index contributed by atoms with van der Waals surface area (Å²) in [6, 6.07) is 26.1. The molecular formula is C39H41N3O6. The number of fused-ring (bicyclic) bond motifs is 1. The summed E-state index contributed by atoms with van der Waals surface area (Å²) in [5, 5.41) is 12.3. The maximum Gasteiger partial charge on any atom is 0.251 e. The van der Waals surface area contributed by atoms with Crippen molar-refractivity contribution in [2.75, 3.05) is 40.0 Å². The van der Waals surface area contributed by atoms with Gasteiger partial charge < -0.3 is 33.9 Å². The lowest BCUT2D eigenvalue weighted by atomic mass is 9.96. The Morgan fingerprint density at radius 2 is 1.73 bits per heavy atom. The molecule has 1 amide bonds. The zero-order valence-corrected chi connectivity index (χ0v) is 27.7. The van der Waals surface area contributed by atoms with Gasteiger partial charge in [0.05, 0.1) is 18.2 Å². The van der Waals surface area contributed by atoms with Crippen molar-refractivity contribution < 1.29 is 28.5 Å². The molecule has 4 aromatic carbocycles. The fourth-order valence-electron chi connectivity index (χ4n) is 5.80. The third kappa shape index (κ3) is 8.26. The van der Waals surface area contributed by atoms with Crippen molar-refractivity contribution in [1.29, 1.82) is 5.26 Å². The summed E-state index contributed by atoms with van der Waals surface area (Å²) < 4.78 is 29.4. The maximum absolute atomic E-state index is 11.9. The van der Waals surface area contributed by atoms with Crippen LogP contribution in [0.4, 0.5) is 0 Å². The number of nitrogens with zero attached hydrogens (tertiary/aromatic N) is 2. The van der Waals surface area contributed by atoms with Crippen molar-refractivity contribution in [3.8, 4) is 40.2 Å². The van der Waals surface area contributed by atoms with E-state index < -0.39 is 0 Å². The number of hydrogen-bond donors (Lipinski definition) is 1. The van der Waals surface area contributed by atoms with Crippen LogP contribution in [0, 0.1) is 25.2 Å². The molecule has 248 valence electrons. The minimum absolute atomic E-state index is 0.0368. The van der Waals surface area contributed by atoms with Gasteiger partial charge in [-0.05, 0) is 97.6 Å². The lowest BCUT2D eigenvalue weighted by Gasteiger charge is -2.22. The van der Waals surface area contributed by atoms with E-state index in [0.717, 1.165) is 74.9 Å². The molecule has 4 aromatic rings. The van der Waals surface area contributed by atoms with Gasteiger partial charge in [-0.25, -0.2) is 0 Å². The van der Waals surface area contributed by atoms with E-state index in [-0.39, 0.29) is 12.0 Å². The van der Waals surface area contributed by atoms with E-state index in [1.54, 1.807) is 6.07 Å². The van der Waals surface area contributed by atoms with Crippen molar-refractivity contribution in [2.24, 2.45) is 0 Å². The predicted molar refractivity (Wildman–Crippen MR) is 182 cm³/mol. The van der Waals surface area contributed by atoms with Gasteiger partial charge in [0.25, 0.3) is 5.91 Å². The lowest BCUT2D eigenvalue weighted by molar-refractivity contribution is -0.122. The van der Waals surface area contributed by atoms with E-state index in [1.807, 2.05) is 43.3 Å². The molecule has 9 nitrogen and oxygen atoms in total. The Morgan fingerprint density at radius 3 is 2.54 bits per heavy atom. The normalized spacial score (nSPS) is 14.7. The second-order valence-electron chi connectivity index (χ2n) is 12.3. The monoisotopic (exact) mass is 647 g/mol. The molecule has 0 saturated carbocycles. The van der Waals surface area contributed by atoms with Crippen LogP contribution in [-0.4, -0.2) is 56.9 Å². The first kappa shape index (κ1) is 32.9. The maximum atomic E-state index is 11.9. The van der Waals surface area contributed by atoms with Crippen LogP contribution < -0.4 is 24.3 Å². The Hall–Kier alpha value is -5.04. The fourth-order valence-corrected chi connectivity index (χ4v) is 5.80. The van der Waals surface area contributed by atoms with Gasteiger partial charge in [-0.15, -0.1) is 0 Å². The minimum atomic E-state index is -0.271. The van der Waals surface area contributed by atoms with Crippen LogP contribution in [0.15, 0.2) is 72.8 Å². The third-order valence-corrected chi connectivity index (χ3v) is 8.57. The van der Waals surface area contributed by atoms with E-state index in [1.165, 1.54) is 0 Å². The number of epoxide rings is 1. The molecule has 0 spiro atoms. The highest BCUT2D eigenvalue weighted by Gasteiger charge is 2.30. The zero-order valence-electron chi connectivity index (χ0n) is 27.7. The van der Waals surface area contributed by atoms with Crippen molar-refractivity contribution in [3.05, 3.63) is 106 Å². The van der Waals surface area contributed by atoms with Crippen molar-refractivity contribution >= 4 is 5.91 Å². The molecule has 0 bridgehead atoms. The smallest absolute Gasteiger partial charge is 0.251 e. The Kier molecular flexibility index (Phi) is 10.4. The van der Waals surface area contributed by atoms with Crippen LogP contribution in [0.5, 0.6) is 23.0 Å². The molecule has 1 unspecified atom stereocenters. The van der Waals surface area contributed by atoms with Gasteiger partial charge in [-0.2, -0.15) is 5.26 Å². The van der Waals surface area contributed by atoms with Gasteiger partial charge in [0.2, 0.25) is 0 Å². The topological polar surface area (TPSA) is 106 Å². The summed E-state index contributed by atoms with van der Waals surface area (Å²) in [6.45, 7) is 8.56. The summed E-state index contributed by atoms with van der Waals surface area (Å²) in [7, 11) is 2.06. The standard InChI is InChI=1S/C39H41N3O6/c1-26-17-32(22-42(3)14-6-13-41-39(43)38-25-48-38)36(46-23-29-8-4-7-28(18-29)21-40)20-35(26)47-24-31-9-5-10-33(27(31)2)30-11-12-34-37(19-30)45-16-15-44-34/h4-5,7-12,17-20,38H,6,13-16,22-25H2,1-3H3,(H,41,43). The van der Waals surface area contributed by atoms with Crippen molar-refractivity contribution in [2.45, 2.75) is 46.1 Å². The highest BCUT2D eigenvalue weighted by atomic mass is 16.6. The lowest BCUT2D eigenvalue weighted by Crippen LogP contribution is -2.31. The number of amides is 1. The molecule has 9 heteroatoms. The second kappa shape index (κ2) is 15.2. The largest absolute Gasteiger partial charge is 0.488 e.